The Balaban J connectivity index is 0.000000199. The zero-order chi connectivity index (χ0) is 13.7. The molecule has 0 aliphatic carbocycles. The van der Waals surface area contributed by atoms with Gasteiger partial charge in [-0.25, -0.2) is 8.78 Å². The maximum Gasteiger partial charge on any atom is 0.257 e. The molecule has 0 aromatic carbocycles. The lowest BCUT2D eigenvalue weighted by Gasteiger charge is -2.01. The molecule has 0 fully saturated rings. The first-order valence-corrected chi connectivity index (χ1v) is 6.62. The Bertz CT molecular complexity index is 479. The number of halogens is 4. The van der Waals surface area contributed by atoms with Gasteiger partial charge in [0.1, 0.15) is 6.54 Å². The topological polar surface area (TPSA) is 46.5 Å². The first kappa shape index (κ1) is 15.3. The minimum absolute atomic E-state index is 0.336. The number of hydrogen-bond donors (Lipinski definition) is 1. The number of rotatable bonds is 2. The van der Waals surface area contributed by atoms with Crippen molar-refractivity contribution in [3.8, 4) is 0 Å². The molecule has 0 saturated carbocycles. The van der Waals surface area contributed by atoms with E-state index in [9.17, 15) is 8.78 Å². The van der Waals surface area contributed by atoms with E-state index in [0.717, 1.165) is 20.3 Å². The van der Waals surface area contributed by atoms with Crippen molar-refractivity contribution in [3.63, 3.8) is 0 Å². The summed E-state index contributed by atoms with van der Waals surface area (Å²) in [5, 5.41) is 10.3. The van der Waals surface area contributed by atoms with Gasteiger partial charge in [-0.1, -0.05) is 0 Å². The fourth-order valence-corrected chi connectivity index (χ4v) is 1.56. The van der Waals surface area contributed by atoms with Crippen molar-refractivity contribution in [1.29, 1.82) is 0 Å². The summed E-state index contributed by atoms with van der Waals surface area (Å²) < 4.78 is 26.7. The van der Waals surface area contributed by atoms with Crippen LogP contribution in [0.4, 0.5) is 8.78 Å². The monoisotopic (exact) mass is 384 g/mol. The lowest BCUT2D eigenvalue weighted by molar-refractivity contribution is 0.121. The Hall–Kier alpha value is -0.760. The van der Waals surface area contributed by atoms with E-state index in [-0.39, 0.29) is 6.54 Å². The molecule has 0 radical (unpaired) electrons. The van der Waals surface area contributed by atoms with E-state index in [1.807, 2.05) is 6.92 Å². The molecule has 18 heavy (non-hydrogen) atoms. The normalized spacial score (nSPS) is 10.4. The van der Waals surface area contributed by atoms with Gasteiger partial charge in [0.25, 0.3) is 6.43 Å². The summed E-state index contributed by atoms with van der Waals surface area (Å²) in [6, 6.07) is 0. The molecule has 0 aliphatic heterocycles. The Morgan fingerprint density at radius 2 is 1.94 bits per heavy atom. The summed E-state index contributed by atoms with van der Waals surface area (Å²) in [6.45, 7) is 3.36. The van der Waals surface area contributed by atoms with E-state index in [1.54, 1.807) is 13.1 Å². The predicted octanol–water partition coefficient (Wildman–Crippen LogP) is 3.70. The van der Waals surface area contributed by atoms with Crippen LogP contribution in [0.1, 0.15) is 11.4 Å². The number of hydrogen-bond acceptors (Lipinski definition) is 2. The smallest absolute Gasteiger partial charge is 0.257 e. The first-order chi connectivity index (χ1) is 8.41. The SMILES string of the molecule is Cc1[nH]ncc1Br.Cc1c(Br)cnn1CC(F)F. The van der Waals surface area contributed by atoms with Gasteiger partial charge in [-0.2, -0.15) is 10.2 Å². The van der Waals surface area contributed by atoms with Crippen molar-refractivity contribution in [3.05, 3.63) is 32.7 Å². The fraction of sp³-hybridized carbons (Fsp3) is 0.400. The largest absolute Gasteiger partial charge is 0.282 e. The molecular formula is C10H12Br2F2N4. The van der Waals surface area contributed by atoms with Crippen LogP contribution in [0, 0.1) is 13.8 Å². The molecule has 0 bridgehead atoms. The van der Waals surface area contributed by atoms with Crippen LogP contribution in [0.2, 0.25) is 0 Å². The molecule has 8 heteroatoms. The molecule has 2 aromatic heterocycles. The van der Waals surface area contributed by atoms with Crippen LogP contribution in [0.5, 0.6) is 0 Å². The van der Waals surface area contributed by atoms with E-state index in [4.69, 9.17) is 0 Å². The number of aromatic nitrogens is 4. The van der Waals surface area contributed by atoms with Gasteiger partial charge in [0.2, 0.25) is 0 Å². The van der Waals surface area contributed by atoms with E-state index in [2.05, 4.69) is 47.2 Å². The zero-order valence-corrected chi connectivity index (χ0v) is 13.0. The van der Waals surface area contributed by atoms with Gasteiger partial charge in [-0.15, -0.1) is 0 Å². The molecule has 1 N–H and O–H groups in total. The summed E-state index contributed by atoms with van der Waals surface area (Å²) in [5.74, 6) is 0. The minimum atomic E-state index is -2.35. The van der Waals surface area contributed by atoms with Crippen LogP contribution < -0.4 is 0 Å². The van der Waals surface area contributed by atoms with E-state index < -0.39 is 6.43 Å². The average molecular weight is 386 g/mol. The van der Waals surface area contributed by atoms with Crippen LogP contribution in [-0.4, -0.2) is 26.4 Å². The molecule has 0 unspecified atom stereocenters. The van der Waals surface area contributed by atoms with Gasteiger partial charge >= 0.3 is 0 Å². The van der Waals surface area contributed by atoms with E-state index >= 15 is 0 Å². The van der Waals surface area contributed by atoms with Crippen LogP contribution in [0.15, 0.2) is 21.3 Å². The van der Waals surface area contributed by atoms with Gasteiger partial charge in [0.05, 0.1) is 21.3 Å². The van der Waals surface area contributed by atoms with E-state index in [0.29, 0.717) is 0 Å². The van der Waals surface area contributed by atoms with Gasteiger partial charge in [-0.05, 0) is 45.7 Å². The number of aromatic amines is 1. The summed E-state index contributed by atoms with van der Waals surface area (Å²) in [7, 11) is 0. The first-order valence-electron chi connectivity index (χ1n) is 5.03. The second kappa shape index (κ2) is 6.98. The molecule has 2 rings (SSSR count). The van der Waals surface area contributed by atoms with Crippen LogP contribution in [0.25, 0.3) is 0 Å². The number of alkyl halides is 2. The molecule has 2 aromatic rings. The Morgan fingerprint density at radius 1 is 1.28 bits per heavy atom. The Morgan fingerprint density at radius 3 is 2.22 bits per heavy atom. The highest BCUT2D eigenvalue weighted by atomic mass is 79.9. The van der Waals surface area contributed by atoms with Crippen LogP contribution in [-0.2, 0) is 6.54 Å². The highest BCUT2D eigenvalue weighted by molar-refractivity contribution is 9.10. The molecule has 0 spiro atoms. The Labute approximate surface area is 120 Å². The van der Waals surface area contributed by atoms with Gasteiger partial charge in [0.15, 0.2) is 0 Å². The standard InChI is InChI=1S/C6H7BrF2N2.C4H5BrN2/c1-4-5(7)2-10-11(4)3-6(8)9;1-3-4(5)2-6-7-3/h2,6H,3H2,1H3;2H,1H3,(H,6,7). The predicted molar refractivity (Wildman–Crippen MR) is 71.7 cm³/mol. The molecule has 100 valence electrons. The maximum atomic E-state index is 11.8. The zero-order valence-electron chi connectivity index (χ0n) is 9.79. The molecule has 0 atom stereocenters. The van der Waals surface area contributed by atoms with Gasteiger partial charge < -0.3 is 0 Å². The maximum absolute atomic E-state index is 11.8. The lowest BCUT2D eigenvalue weighted by atomic mass is 10.5. The molecule has 0 saturated heterocycles. The molecule has 0 amide bonds. The van der Waals surface area contributed by atoms with Crippen LogP contribution in [0.3, 0.4) is 0 Å². The summed E-state index contributed by atoms with van der Waals surface area (Å²) >= 11 is 6.45. The summed E-state index contributed by atoms with van der Waals surface area (Å²) in [4.78, 5) is 0. The van der Waals surface area contributed by atoms with Crippen molar-refractivity contribution in [2.75, 3.05) is 0 Å². The quantitative estimate of drug-likeness (QED) is 0.856. The third-order valence-electron chi connectivity index (χ3n) is 2.12. The van der Waals surface area contributed by atoms with Crippen molar-refractivity contribution in [2.45, 2.75) is 26.8 Å². The average Bonchev–Trinajstić information content (AvgIpc) is 2.80. The van der Waals surface area contributed by atoms with Crippen molar-refractivity contribution < 1.29 is 8.78 Å². The molecule has 4 nitrogen and oxygen atoms in total. The van der Waals surface area contributed by atoms with Crippen molar-refractivity contribution >= 4 is 31.9 Å². The van der Waals surface area contributed by atoms with Gasteiger partial charge in [0, 0.05) is 11.4 Å². The van der Waals surface area contributed by atoms with Crippen molar-refractivity contribution in [2.24, 2.45) is 0 Å². The highest BCUT2D eigenvalue weighted by Crippen LogP contribution is 2.15. The van der Waals surface area contributed by atoms with Crippen molar-refractivity contribution in [1.82, 2.24) is 20.0 Å². The highest BCUT2D eigenvalue weighted by Gasteiger charge is 2.08. The second-order valence-corrected chi connectivity index (χ2v) is 5.20. The molecular weight excluding hydrogens is 374 g/mol. The van der Waals surface area contributed by atoms with E-state index in [1.165, 1.54) is 10.9 Å². The summed E-state index contributed by atoms with van der Waals surface area (Å²) in [6.07, 6.45) is 0.896. The van der Waals surface area contributed by atoms with Crippen LogP contribution >= 0.6 is 31.9 Å². The third-order valence-corrected chi connectivity index (χ3v) is 3.70. The number of nitrogens with one attached hydrogen (secondary N) is 1. The molecule has 0 aliphatic rings. The third kappa shape index (κ3) is 4.49. The lowest BCUT2D eigenvalue weighted by Crippen LogP contribution is -2.09. The molecule has 2 heterocycles. The number of nitrogens with zero attached hydrogens (tertiary/aromatic N) is 3. The second-order valence-electron chi connectivity index (χ2n) is 3.49. The fourth-order valence-electron chi connectivity index (χ4n) is 1.07. The minimum Gasteiger partial charge on any atom is -0.282 e. The number of H-pyrrole nitrogens is 1. The summed E-state index contributed by atoms with van der Waals surface area (Å²) in [5.41, 5.74) is 1.80. The number of aryl methyl sites for hydroxylation is 1. The van der Waals surface area contributed by atoms with Gasteiger partial charge in [-0.3, -0.25) is 9.78 Å². The Kier molecular flexibility index (Phi) is 5.94.